The highest BCUT2D eigenvalue weighted by Crippen LogP contribution is 2.30. The lowest BCUT2D eigenvalue weighted by Gasteiger charge is -2.26. The molecule has 1 unspecified atom stereocenters. The van der Waals surface area contributed by atoms with Crippen molar-refractivity contribution < 1.29 is 14.2 Å². The van der Waals surface area contributed by atoms with E-state index in [2.05, 4.69) is 0 Å². The maximum atomic E-state index is 5.83. The molecule has 0 spiro atoms. The van der Waals surface area contributed by atoms with Gasteiger partial charge < -0.3 is 19.9 Å². The number of benzene rings is 2. The van der Waals surface area contributed by atoms with Gasteiger partial charge in [0.1, 0.15) is 19.0 Å². The van der Waals surface area contributed by atoms with Gasteiger partial charge in [0.05, 0.1) is 0 Å². The molecule has 0 aromatic heterocycles. The number of hydrogen-bond donors (Lipinski definition) is 1. The minimum Gasteiger partial charge on any atom is -0.490 e. The Labute approximate surface area is 118 Å². The van der Waals surface area contributed by atoms with Crippen LogP contribution in [0.3, 0.4) is 0 Å². The molecule has 20 heavy (non-hydrogen) atoms. The molecule has 2 aromatic rings. The van der Waals surface area contributed by atoms with Gasteiger partial charge in [-0.15, -0.1) is 0 Å². The summed E-state index contributed by atoms with van der Waals surface area (Å²) in [6, 6.07) is 15.4. The minimum atomic E-state index is -0.0981. The van der Waals surface area contributed by atoms with E-state index in [9.17, 15) is 0 Å². The number of hydrogen-bond acceptors (Lipinski definition) is 4. The maximum Gasteiger partial charge on any atom is 0.166 e. The largest absolute Gasteiger partial charge is 0.490 e. The van der Waals surface area contributed by atoms with Crippen molar-refractivity contribution in [2.45, 2.75) is 12.6 Å². The normalized spacial score (nSPS) is 16.8. The van der Waals surface area contributed by atoms with Crippen LogP contribution in [0.2, 0.25) is 0 Å². The van der Waals surface area contributed by atoms with Crippen molar-refractivity contribution in [3.63, 3.8) is 0 Å². The summed E-state index contributed by atoms with van der Waals surface area (Å²) in [4.78, 5) is 0. The molecule has 0 fully saturated rings. The van der Waals surface area contributed by atoms with E-state index in [4.69, 9.17) is 19.9 Å². The molecule has 0 amide bonds. The van der Waals surface area contributed by atoms with Crippen molar-refractivity contribution in [2.75, 3.05) is 13.2 Å². The van der Waals surface area contributed by atoms with Gasteiger partial charge in [0.2, 0.25) is 0 Å². The molecule has 0 saturated heterocycles. The minimum absolute atomic E-state index is 0.0981. The molecule has 0 aliphatic carbocycles. The van der Waals surface area contributed by atoms with Gasteiger partial charge in [0.25, 0.3) is 0 Å². The van der Waals surface area contributed by atoms with Crippen molar-refractivity contribution in [1.82, 2.24) is 0 Å². The monoisotopic (exact) mass is 271 g/mol. The van der Waals surface area contributed by atoms with E-state index < -0.39 is 0 Å². The highest BCUT2D eigenvalue weighted by Gasteiger charge is 2.20. The van der Waals surface area contributed by atoms with Crippen molar-refractivity contribution in [3.05, 3.63) is 54.1 Å². The molecule has 0 radical (unpaired) electrons. The zero-order chi connectivity index (χ0) is 13.8. The van der Waals surface area contributed by atoms with Crippen LogP contribution in [-0.2, 0) is 6.54 Å². The average molecular weight is 271 g/mol. The van der Waals surface area contributed by atoms with E-state index in [-0.39, 0.29) is 6.10 Å². The maximum absolute atomic E-state index is 5.83. The average Bonchev–Trinajstić information content (AvgIpc) is 2.53. The molecular weight excluding hydrogens is 254 g/mol. The molecule has 104 valence electrons. The number of rotatable bonds is 4. The molecule has 1 atom stereocenters. The van der Waals surface area contributed by atoms with Crippen LogP contribution in [0.4, 0.5) is 0 Å². The third-order valence-electron chi connectivity index (χ3n) is 3.16. The van der Waals surface area contributed by atoms with Gasteiger partial charge >= 0.3 is 0 Å². The second kappa shape index (κ2) is 5.84. The van der Waals surface area contributed by atoms with E-state index in [1.807, 2.05) is 48.5 Å². The van der Waals surface area contributed by atoms with Gasteiger partial charge in [-0.05, 0) is 29.8 Å². The van der Waals surface area contributed by atoms with Gasteiger partial charge in [0.15, 0.2) is 17.6 Å². The Morgan fingerprint density at radius 2 is 1.80 bits per heavy atom. The van der Waals surface area contributed by atoms with Crippen LogP contribution < -0.4 is 19.9 Å². The Balaban J connectivity index is 1.57. The molecule has 1 heterocycles. The Morgan fingerprint density at radius 1 is 1.05 bits per heavy atom. The van der Waals surface area contributed by atoms with Crippen molar-refractivity contribution in [3.8, 4) is 17.2 Å². The van der Waals surface area contributed by atoms with E-state index in [0.29, 0.717) is 19.8 Å². The van der Waals surface area contributed by atoms with Crippen molar-refractivity contribution in [1.29, 1.82) is 0 Å². The summed E-state index contributed by atoms with van der Waals surface area (Å²) in [7, 11) is 0. The second-order valence-electron chi connectivity index (χ2n) is 4.66. The summed E-state index contributed by atoms with van der Waals surface area (Å²) in [5, 5.41) is 0. The molecule has 3 rings (SSSR count). The van der Waals surface area contributed by atoms with Crippen LogP contribution >= 0.6 is 0 Å². The fraction of sp³-hybridized carbons (Fsp3) is 0.250. The molecule has 4 heteroatoms. The van der Waals surface area contributed by atoms with Gasteiger partial charge in [-0.3, -0.25) is 0 Å². The molecular formula is C16H17NO3. The Kier molecular flexibility index (Phi) is 3.74. The first-order chi connectivity index (χ1) is 9.85. The third-order valence-corrected chi connectivity index (χ3v) is 3.16. The number of fused-ring (bicyclic) bond motifs is 1. The Morgan fingerprint density at radius 3 is 2.55 bits per heavy atom. The van der Waals surface area contributed by atoms with Crippen molar-refractivity contribution in [2.24, 2.45) is 5.73 Å². The van der Waals surface area contributed by atoms with E-state index in [1.54, 1.807) is 0 Å². The van der Waals surface area contributed by atoms with Crippen molar-refractivity contribution >= 4 is 0 Å². The SMILES string of the molecule is NCc1ccc(OCC2COc3ccccc3O2)cc1. The molecule has 4 nitrogen and oxygen atoms in total. The first-order valence-electron chi connectivity index (χ1n) is 6.65. The quantitative estimate of drug-likeness (QED) is 0.927. The Bertz CT molecular complexity index is 568. The fourth-order valence-electron chi connectivity index (χ4n) is 2.06. The van der Waals surface area contributed by atoms with Gasteiger partial charge in [-0.25, -0.2) is 0 Å². The summed E-state index contributed by atoms with van der Waals surface area (Å²) in [5.41, 5.74) is 6.65. The number of para-hydroxylation sites is 2. The molecule has 1 aliphatic heterocycles. The van der Waals surface area contributed by atoms with E-state index >= 15 is 0 Å². The molecule has 2 N–H and O–H groups in total. The topological polar surface area (TPSA) is 53.7 Å². The molecule has 0 saturated carbocycles. The standard InChI is InChI=1S/C16H17NO3/c17-9-12-5-7-13(8-6-12)18-10-14-11-19-15-3-1-2-4-16(15)20-14/h1-8,14H,9-11,17H2. The number of nitrogens with two attached hydrogens (primary N) is 1. The second-order valence-corrected chi connectivity index (χ2v) is 4.66. The zero-order valence-corrected chi connectivity index (χ0v) is 11.1. The molecule has 1 aliphatic rings. The van der Waals surface area contributed by atoms with E-state index in [1.165, 1.54) is 0 Å². The molecule has 2 aromatic carbocycles. The lowest BCUT2D eigenvalue weighted by molar-refractivity contribution is 0.0535. The lowest BCUT2D eigenvalue weighted by atomic mass is 10.2. The first-order valence-corrected chi connectivity index (χ1v) is 6.65. The predicted octanol–water partition coefficient (Wildman–Crippen LogP) is 2.36. The first kappa shape index (κ1) is 12.8. The Hall–Kier alpha value is -2.20. The van der Waals surface area contributed by atoms with Crippen LogP contribution in [0.5, 0.6) is 17.2 Å². The summed E-state index contributed by atoms with van der Waals surface area (Å²) in [5.74, 6) is 2.37. The van der Waals surface area contributed by atoms with Crippen LogP contribution in [0.25, 0.3) is 0 Å². The summed E-state index contributed by atoms with van der Waals surface area (Å²) in [6.07, 6.45) is -0.0981. The van der Waals surface area contributed by atoms with Gasteiger partial charge in [-0.1, -0.05) is 24.3 Å². The lowest BCUT2D eigenvalue weighted by Crippen LogP contribution is -2.34. The zero-order valence-electron chi connectivity index (χ0n) is 11.1. The van der Waals surface area contributed by atoms with Gasteiger partial charge in [0, 0.05) is 6.54 Å². The third kappa shape index (κ3) is 2.86. The molecule has 0 bridgehead atoms. The fourth-order valence-corrected chi connectivity index (χ4v) is 2.06. The number of ether oxygens (including phenoxy) is 3. The highest BCUT2D eigenvalue weighted by molar-refractivity contribution is 5.40. The van der Waals surface area contributed by atoms with Crippen LogP contribution in [-0.4, -0.2) is 19.3 Å². The highest BCUT2D eigenvalue weighted by atomic mass is 16.6. The van der Waals surface area contributed by atoms with Gasteiger partial charge in [-0.2, -0.15) is 0 Å². The van der Waals surface area contributed by atoms with Crippen LogP contribution in [0.1, 0.15) is 5.56 Å². The predicted molar refractivity (Wildman–Crippen MR) is 76.2 cm³/mol. The summed E-state index contributed by atoms with van der Waals surface area (Å²) < 4.78 is 17.2. The summed E-state index contributed by atoms with van der Waals surface area (Å²) in [6.45, 7) is 1.49. The van der Waals surface area contributed by atoms with Crippen LogP contribution in [0.15, 0.2) is 48.5 Å². The van der Waals surface area contributed by atoms with E-state index in [0.717, 1.165) is 22.8 Å². The summed E-state index contributed by atoms with van der Waals surface area (Å²) >= 11 is 0. The smallest absolute Gasteiger partial charge is 0.166 e. The van der Waals surface area contributed by atoms with Crippen LogP contribution in [0, 0.1) is 0 Å².